The third-order valence-electron chi connectivity index (χ3n) is 5.87. The van der Waals surface area contributed by atoms with Crippen molar-refractivity contribution >= 4 is 27.7 Å². The van der Waals surface area contributed by atoms with Crippen LogP contribution in [0.3, 0.4) is 0 Å². The zero-order valence-corrected chi connectivity index (χ0v) is 17.7. The van der Waals surface area contributed by atoms with Gasteiger partial charge < -0.3 is 24.8 Å². The number of fused-ring (bicyclic) bond motifs is 2. The van der Waals surface area contributed by atoms with Crippen molar-refractivity contribution < 1.29 is 24.2 Å². The van der Waals surface area contributed by atoms with Crippen LogP contribution in [0.4, 0.5) is 0 Å². The number of nitrogens with one attached hydrogen (secondary N) is 2. The molecule has 1 fully saturated rings. The quantitative estimate of drug-likeness (QED) is 0.606. The third-order valence-corrected chi connectivity index (χ3v) is 6.39. The molecule has 1 aromatic rings. The van der Waals surface area contributed by atoms with Gasteiger partial charge in [0, 0.05) is 22.5 Å². The highest BCUT2D eigenvalue weighted by molar-refractivity contribution is 9.11. The molecular weight excluding hydrogens is 454 g/mol. The van der Waals surface area contributed by atoms with Gasteiger partial charge in [0.05, 0.1) is 13.7 Å². The summed E-state index contributed by atoms with van der Waals surface area (Å²) in [5.74, 6) is 0.322. The standard InChI is InChI=1S/C21H20BrN3O5/c1-29-14-4-2-11-9-25(18(26)15(11)8-14)10-21(19(27)23-20(28)24-21)17-7-12-6-13(22)3-5-16(12)30-17/h2-8,12,16,20,24,28H,9-10H2,1H3,(H,23,27). The first-order valence-electron chi connectivity index (χ1n) is 9.57. The van der Waals surface area contributed by atoms with Crippen LogP contribution in [0.5, 0.6) is 5.75 Å². The first-order chi connectivity index (χ1) is 14.4. The maximum Gasteiger partial charge on any atom is 0.254 e. The molecule has 9 heteroatoms. The normalized spacial score (nSPS) is 31.7. The Morgan fingerprint density at radius 1 is 1.37 bits per heavy atom. The molecule has 1 aromatic carbocycles. The van der Waals surface area contributed by atoms with Crippen molar-refractivity contribution in [3.63, 3.8) is 0 Å². The first kappa shape index (κ1) is 19.3. The molecule has 0 radical (unpaired) electrons. The Labute approximate surface area is 181 Å². The lowest BCUT2D eigenvalue weighted by molar-refractivity contribution is -0.125. The number of methoxy groups -OCH3 is 1. The Bertz CT molecular complexity index is 1040. The molecule has 0 spiro atoms. The summed E-state index contributed by atoms with van der Waals surface area (Å²) in [6.45, 7) is 0.377. The number of nitrogens with zero attached hydrogens (tertiary/aromatic N) is 1. The van der Waals surface area contributed by atoms with E-state index in [9.17, 15) is 14.7 Å². The van der Waals surface area contributed by atoms with Crippen LogP contribution in [0.15, 0.2) is 52.7 Å². The molecule has 1 aliphatic carbocycles. The Morgan fingerprint density at radius 2 is 2.20 bits per heavy atom. The van der Waals surface area contributed by atoms with Gasteiger partial charge in [0.1, 0.15) is 17.6 Å². The number of hydrogen-bond donors (Lipinski definition) is 3. The fraction of sp³-hybridized carbons (Fsp3) is 0.333. The SMILES string of the molecule is COc1ccc2c(c1)C(=O)N(CC1(C3=CC4C=C(Br)C=CC4O3)NC(O)NC1=O)C2. The fourth-order valence-corrected chi connectivity index (χ4v) is 4.81. The minimum atomic E-state index is -1.38. The summed E-state index contributed by atoms with van der Waals surface area (Å²) in [7, 11) is 1.55. The molecule has 3 aliphatic heterocycles. The molecule has 3 heterocycles. The average Bonchev–Trinajstić information content (AvgIpc) is 3.36. The second-order valence-electron chi connectivity index (χ2n) is 7.71. The summed E-state index contributed by atoms with van der Waals surface area (Å²) >= 11 is 3.46. The van der Waals surface area contributed by atoms with Gasteiger partial charge >= 0.3 is 0 Å². The number of carbonyl (C=O) groups is 2. The topological polar surface area (TPSA) is 100 Å². The Balaban J connectivity index is 1.47. The number of aliphatic hydroxyl groups is 1. The van der Waals surface area contributed by atoms with E-state index in [2.05, 4.69) is 26.6 Å². The van der Waals surface area contributed by atoms with Crippen LogP contribution in [-0.2, 0) is 16.1 Å². The number of aliphatic hydroxyl groups excluding tert-OH is 1. The van der Waals surface area contributed by atoms with E-state index in [1.807, 2.05) is 30.4 Å². The van der Waals surface area contributed by atoms with Crippen molar-refractivity contribution in [2.45, 2.75) is 24.5 Å². The predicted octanol–water partition coefficient (Wildman–Crippen LogP) is 1.13. The van der Waals surface area contributed by atoms with Crippen molar-refractivity contribution in [2.75, 3.05) is 13.7 Å². The van der Waals surface area contributed by atoms with Crippen molar-refractivity contribution in [1.29, 1.82) is 0 Å². The van der Waals surface area contributed by atoms with E-state index in [-0.39, 0.29) is 24.5 Å². The Kier molecular flexibility index (Phi) is 4.49. The van der Waals surface area contributed by atoms with Crippen LogP contribution >= 0.6 is 15.9 Å². The smallest absolute Gasteiger partial charge is 0.254 e. The summed E-state index contributed by atoms with van der Waals surface area (Å²) in [5.41, 5.74) is 0.0279. The molecule has 30 heavy (non-hydrogen) atoms. The van der Waals surface area contributed by atoms with Gasteiger partial charge in [-0.15, -0.1) is 0 Å². The van der Waals surface area contributed by atoms with E-state index >= 15 is 0 Å². The van der Waals surface area contributed by atoms with Crippen LogP contribution in [0.2, 0.25) is 0 Å². The van der Waals surface area contributed by atoms with Crippen LogP contribution in [0, 0.1) is 5.92 Å². The molecule has 3 N–H and O–H groups in total. The van der Waals surface area contributed by atoms with Crippen LogP contribution in [0.25, 0.3) is 0 Å². The number of hydrogen-bond acceptors (Lipinski definition) is 6. The molecule has 156 valence electrons. The molecular formula is C21H20BrN3O5. The minimum absolute atomic E-state index is 0.0194. The van der Waals surface area contributed by atoms with Gasteiger partial charge in [0.2, 0.25) is 0 Å². The van der Waals surface area contributed by atoms with Gasteiger partial charge in [-0.3, -0.25) is 14.9 Å². The second-order valence-corrected chi connectivity index (χ2v) is 8.63. The molecule has 4 aliphatic rings. The summed E-state index contributed by atoms with van der Waals surface area (Å²) < 4.78 is 12.3. The minimum Gasteiger partial charge on any atom is -0.497 e. The second kappa shape index (κ2) is 6.97. The lowest BCUT2D eigenvalue weighted by Crippen LogP contribution is -2.57. The van der Waals surface area contributed by atoms with Crippen molar-refractivity contribution in [1.82, 2.24) is 15.5 Å². The molecule has 8 nitrogen and oxygen atoms in total. The number of amides is 2. The van der Waals surface area contributed by atoms with Crippen molar-refractivity contribution in [3.05, 3.63) is 63.9 Å². The fourth-order valence-electron chi connectivity index (χ4n) is 4.36. The van der Waals surface area contributed by atoms with Crippen molar-refractivity contribution in [2.24, 2.45) is 5.92 Å². The van der Waals surface area contributed by atoms with E-state index in [1.54, 1.807) is 24.1 Å². The predicted molar refractivity (Wildman–Crippen MR) is 110 cm³/mol. The summed E-state index contributed by atoms with van der Waals surface area (Å²) in [4.78, 5) is 27.6. The Hall–Kier alpha value is -2.62. The number of carbonyl (C=O) groups excluding carboxylic acids is 2. The first-order valence-corrected chi connectivity index (χ1v) is 10.4. The van der Waals surface area contributed by atoms with Gasteiger partial charge in [-0.05, 0) is 35.9 Å². The molecule has 4 unspecified atom stereocenters. The summed E-state index contributed by atoms with van der Waals surface area (Å²) in [5, 5.41) is 15.5. The van der Waals surface area contributed by atoms with Crippen LogP contribution in [-0.4, -0.2) is 53.5 Å². The highest BCUT2D eigenvalue weighted by atomic mass is 79.9. The molecule has 0 saturated carbocycles. The van der Waals surface area contributed by atoms with E-state index in [0.29, 0.717) is 23.6 Å². The van der Waals surface area contributed by atoms with E-state index in [0.717, 1.165) is 10.0 Å². The number of halogens is 1. The lowest BCUT2D eigenvalue weighted by Gasteiger charge is -2.32. The number of ether oxygens (including phenoxy) is 2. The molecule has 0 bridgehead atoms. The van der Waals surface area contributed by atoms with Gasteiger partial charge in [-0.2, -0.15) is 0 Å². The zero-order valence-electron chi connectivity index (χ0n) is 16.1. The number of rotatable bonds is 4. The van der Waals surface area contributed by atoms with Crippen LogP contribution in [0.1, 0.15) is 15.9 Å². The Morgan fingerprint density at radius 3 is 2.93 bits per heavy atom. The maximum absolute atomic E-state index is 13.1. The summed E-state index contributed by atoms with van der Waals surface area (Å²) in [6.07, 6.45) is 6.21. The van der Waals surface area contributed by atoms with Gasteiger partial charge in [0.25, 0.3) is 11.8 Å². The monoisotopic (exact) mass is 473 g/mol. The van der Waals surface area contributed by atoms with E-state index in [4.69, 9.17) is 9.47 Å². The molecule has 1 saturated heterocycles. The highest BCUT2D eigenvalue weighted by Gasteiger charge is 2.55. The highest BCUT2D eigenvalue weighted by Crippen LogP contribution is 2.39. The number of allylic oxidation sites excluding steroid dienone is 2. The lowest BCUT2D eigenvalue weighted by atomic mass is 9.93. The van der Waals surface area contributed by atoms with E-state index < -0.39 is 17.8 Å². The van der Waals surface area contributed by atoms with Crippen molar-refractivity contribution in [3.8, 4) is 5.75 Å². The van der Waals surface area contributed by atoms with Crippen LogP contribution < -0.4 is 15.4 Å². The molecule has 4 atom stereocenters. The largest absolute Gasteiger partial charge is 0.497 e. The van der Waals surface area contributed by atoms with Gasteiger partial charge in [0.15, 0.2) is 11.9 Å². The van der Waals surface area contributed by atoms with Gasteiger partial charge in [-0.1, -0.05) is 28.1 Å². The zero-order chi connectivity index (χ0) is 21.0. The molecule has 2 amide bonds. The third kappa shape index (κ3) is 2.96. The van der Waals surface area contributed by atoms with Gasteiger partial charge in [-0.25, -0.2) is 0 Å². The number of benzene rings is 1. The summed E-state index contributed by atoms with van der Waals surface area (Å²) in [6, 6.07) is 5.36. The maximum atomic E-state index is 13.1. The average molecular weight is 474 g/mol. The molecule has 5 rings (SSSR count). The van der Waals surface area contributed by atoms with E-state index in [1.165, 1.54) is 0 Å². The molecule has 0 aromatic heterocycles.